The zero-order valence-electron chi connectivity index (χ0n) is 11.9. The van der Waals surface area contributed by atoms with Gasteiger partial charge in [-0.05, 0) is 12.1 Å². The number of benzene rings is 2. The minimum atomic E-state index is 0.709. The number of rotatable bonds is 4. The van der Waals surface area contributed by atoms with Gasteiger partial charge in [-0.25, -0.2) is 4.68 Å². The summed E-state index contributed by atoms with van der Waals surface area (Å²) in [4.78, 5) is 0. The second-order valence-electron chi connectivity index (χ2n) is 4.45. The topological polar surface area (TPSA) is 49.2 Å². The predicted molar refractivity (Wildman–Crippen MR) is 79.9 cm³/mol. The Morgan fingerprint density at radius 1 is 0.952 bits per heavy atom. The van der Waals surface area contributed by atoms with Gasteiger partial charge in [-0.15, -0.1) is 5.10 Å². The molecular weight excluding hydrogens is 266 g/mol. The van der Waals surface area contributed by atoms with E-state index in [0.29, 0.717) is 5.75 Å². The summed E-state index contributed by atoms with van der Waals surface area (Å²) in [5, 5.41) is 8.39. The highest BCUT2D eigenvalue weighted by Crippen LogP contribution is 2.28. The van der Waals surface area contributed by atoms with E-state index in [1.165, 1.54) is 0 Å². The summed E-state index contributed by atoms with van der Waals surface area (Å²) < 4.78 is 12.3. The molecule has 3 aromatic rings. The second kappa shape index (κ2) is 5.66. The third-order valence-corrected chi connectivity index (χ3v) is 3.20. The minimum Gasteiger partial charge on any atom is -0.497 e. The summed E-state index contributed by atoms with van der Waals surface area (Å²) in [6.07, 6.45) is 1.87. The molecular formula is C16H15N3O2. The molecule has 0 saturated carbocycles. The van der Waals surface area contributed by atoms with Crippen molar-refractivity contribution < 1.29 is 9.47 Å². The van der Waals surface area contributed by atoms with Crippen molar-refractivity contribution in [2.24, 2.45) is 0 Å². The molecule has 0 fully saturated rings. The molecule has 21 heavy (non-hydrogen) atoms. The van der Waals surface area contributed by atoms with Gasteiger partial charge in [-0.2, -0.15) is 0 Å². The van der Waals surface area contributed by atoms with Gasteiger partial charge < -0.3 is 9.47 Å². The Kier molecular flexibility index (Phi) is 3.55. The predicted octanol–water partition coefficient (Wildman–Crippen LogP) is 2.95. The van der Waals surface area contributed by atoms with Gasteiger partial charge in [0.2, 0.25) is 0 Å². The van der Waals surface area contributed by atoms with Gasteiger partial charge in [0.05, 0.1) is 20.4 Å². The Hall–Kier alpha value is -2.82. The third-order valence-electron chi connectivity index (χ3n) is 3.20. The van der Waals surface area contributed by atoms with Gasteiger partial charge in [-0.1, -0.05) is 35.5 Å². The van der Waals surface area contributed by atoms with Crippen LogP contribution in [0.4, 0.5) is 0 Å². The summed E-state index contributed by atoms with van der Waals surface area (Å²) in [7, 11) is 3.25. The lowest BCUT2D eigenvalue weighted by molar-refractivity contribution is 0.400. The zero-order valence-corrected chi connectivity index (χ0v) is 11.9. The molecule has 3 rings (SSSR count). The Labute approximate surface area is 122 Å². The van der Waals surface area contributed by atoms with Crippen LogP contribution in [0.3, 0.4) is 0 Å². The average molecular weight is 281 g/mol. The Morgan fingerprint density at radius 2 is 1.76 bits per heavy atom. The number of nitrogens with zero attached hydrogens (tertiary/aromatic N) is 3. The van der Waals surface area contributed by atoms with Crippen molar-refractivity contribution in [1.82, 2.24) is 15.0 Å². The first-order valence-corrected chi connectivity index (χ1v) is 6.52. The lowest BCUT2D eigenvalue weighted by Crippen LogP contribution is -1.99. The van der Waals surface area contributed by atoms with Crippen molar-refractivity contribution in [3.05, 3.63) is 54.7 Å². The highest BCUT2D eigenvalue weighted by atomic mass is 16.5. The quantitative estimate of drug-likeness (QED) is 0.737. The van der Waals surface area contributed by atoms with Crippen molar-refractivity contribution in [2.45, 2.75) is 0 Å². The van der Waals surface area contributed by atoms with Crippen LogP contribution in [0.15, 0.2) is 54.7 Å². The molecule has 5 nitrogen and oxygen atoms in total. The Bertz CT molecular complexity index is 738. The Morgan fingerprint density at radius 3 is 2.48 bits per heavy atom. The fourth-order valence-electron chi connectivity index (χ4n) is 2.10. The highest BCUT2D eigenvalue weighted by molar-refractivity contribution is 5.59. The van der Waals surface area contributed by atoms with E-state index in [0.717, 1.165) is 22.7 Å². The van der Waals surface area contributed by atoms with Gasteiger partial charge in [0, 0.05) is 11.6 Å². The van der Waals surface area contributed by atoms with E-state index in [4.69, 9.17) is 9.47 Å². The van der Waals surface area contributed by atoms with Crippen LogP contribution in [-0.2, 0) is 0 Å². The van der Waals surface area contributed by atoms with E-state index in [2.05, 4.69) is 10.3 Å². The molecule has 106 valence electrons. The average Bonchev–Trinajstić information content (AvgIpc) is 3.05. The maximum absolute atomic E-state index is 5.37. The number of hydrogen-bond acceptors (Lipinski definition) is 4. The summed E-state index contributed by atoms with van der Waals surface area (Å²) in [6.45, 7) is 0. The molecule has 0 aliphatic rings. The zero-order chi connectivity index (χ0) is 14.7. The van der Waals surface area contributed by atoms with Gasteiger partial charge in [-0.3, -0.25) is 0 Å². The van der Waals surface area contributed by atoms with Gasteiger partial charge in [0.25, 0.3) is 0 Å². The van der Waals surface area contributed by atoms with Crippen LogP contribution in [0.2, 0.25) is 0 Å². The van der Waals surface area contributed by atoms with Crippen LogP contribution in [0.1, 0.15) is 0 Å². The van der Waals surface area contributed by atoms with Crippen LogP contribution < -0.4 is 9.47 Å². The van der Waals surface area contributed by atoms with Crippen molar-refractivity contribution >= 4 is 0 Å². The molecule has 0 aliphatic carbocycles. The molecule has 1 aromatic heterocycles. The standard InChI is InChI=1S/C16H15N3O2/c1-20-13-8-9-16(21-2)15(10-13)19-11-14(17-18-19)12-6-4-3-5-7-12/h3-11H,1-2H3. The summed E-state index contributed by atoms with van der Waals surface area (Å²) in [5.74, 6) is 1.45. The summed E-state index contributed by atoms with van der Waals surface area (Å²) in [6, 6.07) is 15.5. The molecule has 0 atom stereocenters. The molecule has 0 aliphatic heterocycles. The lowest BCUT2D eigenvalue weighted by atomic mass is 10.2. The van der Waals surface area contributed by atoms with Gasteiger partial charge in [0.1, 0.15) is 22.9 Å². The molecule has 5 heteroatoms. The van der Waals surface area contributed by atoms with Crippen LogP contribution in [0, 0.1) is 0 Å². The fourth-order valence-corrected chi connectivity index (χ4v) is 2.10. The summed E-state index contributed by atoms with van der Waals surface area (Å²) in [5.41, 5.74) is 2.61. The molecule has 2 aromatic carbocycles. The maximum Gasteiger partial charge on any atom is 0.144 e. The molecule has 0 radical (unpaired) electrons. The first kappa shape index (κ1) is 13.2. The van der Waals surface area contributed by atoms with Crippen LogP contribution in [0.5, 0.6) is 11.5 Å². The third kappa shape index (κ3) is 2.58. The Balaban J connectivity index is 2.04. The van der Waals surface area contributed by atoms with Crippen molar-refractivity contribution in [3.63, 3.8) is 0 Å². The van der Waals surface area contributed by atoms with E-state index >= 15 is 0 Å². The monoisotopic (exact) mass is 281 g/mol. The largest absolute Gasteiger partial charge is 0.497 e. The van der Waals surface area contributed by atoms with Crippen molar-refractivity contribution in [2.75, 3.05) is 14.2 Å². The normalized spacial score (nSPS) is 10.4. The van der Waals surface area contributed by atoms with Crippen molar-refractivity contribution in [3.8, 4) is 28.4 Å². The van der Waals surface area contributed by atoms with Crippen LogP contribution in [0.25, 0.3) is 16.9 Å². The summed E-state index contributed by atoms with van der Waals surface area (Å²) >= 11 is 0. The number of hydrogen-bond donors (Lipinski definition) is 0. The number of aromatic nitrogens is 3. The number of methoxy groups -OCH3 is 2. The maximum atomic E-state index is 5.37. The van der Waals surface area contributed by atoms with E-state index in [1.807, 2.05) is 54.7 Å². The van der Waals surface area contributed by atoms with Crippen LogP contribution in [-0.4, -0.2) is 29.2 Å². The lowest BCUT2D eigenvalue weighted by Gasteiger charge is -2.09. The van der Waals surface area contributed by atoms with E-state index in [-0.39, 0.29) is 0 Å². The van der Waals surface area contributed by atoms with Gasteiger partial charge in [0.15, 0.2) is 0 Å². The molecule has 0 N–H and O–H groups in total. The number of ether oxygens (including phenoxy) is 2. The molecule has 0 unspecified atom stereocenters. The SMILES string of the molecule is COc1ccc(OC)c(-n2cc(-c3ccccc3)nn2)c1. The van der Waals surface area contributed by atoms with Gasteiger partial charge >= 0.3 is 0 Å². The van der Waals surface area contributed by atoms with E-state index in [1.54, 1.807) is 18.9 Å². The molecule has 1 heterocycles. The van der Waals surface area contributed by atoms with Crippen molar-refractivity contribution in [1.29, 1.82) is 0 Å². The fraction of sp³-hybridized carbons (Fsp3) is 0.125. The minimum absolute atomic E-state index is 0.709. The molecule has 0 saturated heterocycles. The van der Waals surface area contributed by atoms with Crippen LogP contribution >= 0.6 is 0 Å². The van der Waals surface area contributed by atoms with E-state index < -0.39 is 0 Å². The highest BCUT2D eigenvalue weighted by Gasteiger charge is 2.10. The molecule has 0 spiro atoms. The molecule has 0 bridgehead atoms. The van der Waals surface area contributed by atoms with E-state index in [9.17, 15) is 0 Å². The second-order valence-corrected chi connectivity index (χ2v) is 4.45. The first-order chi connectivity index (χ1) is 10.3. The molecule has 0 amide bonds. The first-order valence-electron chi connectivity index (χ1n) is 6.52. The smallest absolute Gasteiger partial charge is 0.144 e.